The standard InChI is InChI=1S/C32H25F3N2O2/c1-20-8-5-15-27(28(20)31(38)39)36-18-22-11-6-12-23(17-22)29-24(16-21-9-3-2-4-10-21)19-37-30-25(29)13-7-14-26(30)32(33,34)35/h2-15,17,19,36H,16,18H2,1H3,(H,38,39). The summed E-state index contributed by atoms with van der Waals surface area (Å²) < 4.78 is 41.6. The summed E-state index contributed by atoms with van der Waals surface area (Å²) in [4.78, 5) is 16.1. The number of anilines is 1. The van der Waals surface area contributed by atoms with Gasteiger partial charge in [0.1, 0.15) is 0 Å². The minimum atomic E-state index is -4.54. The zero-order valence-electron chi connectivity index (χ0n) is 21.1. The molecule has 4 aromatic carbocycles. The maximum Gasteiger partial charge on any atom is 0.418 e. The van der Waals surface area contributed by atoms with Gasteiger partial charge in [0.15, 0.2) is 0 Å². The molecule has 0 bridgehead atoms. The van der Waals surface area contributed by atoms with Crippen LogP contribution in [0, 0.1) is 6.92 Å². The number of aromatic nitrogens is 1. The van der Waals surface area contributed by atoms with Gasteiger partial charge in [-0.2, -0.15) is 13.2 Å². The highest BCUT2D eigenvalue weighted by atomic mass is 19.4. The molecular formula is C32H25F3N2O2. The summed E-state index contributed by atoms with van der Waals surface area (Å²) in [5.74, 6) is -1.02. The molecule has 0 saturated carbocycles. The van der Waals surface area contributed by atoms with E-state index in [0.717, 1.165) is 28.3 Å². The Hall–Kier alpha value is -4.65. The van der Waals surface area contributed by atoms with Crippen LogP contribution in [-0.4, -0.2) is 16.1 Å². The first kappa shape index (κ1) is 26.0. The monoisotopic (exact) mass is 526 g/mol. The fourth-order valence-electron chi connectivity index (χ4n) is 4.92. The molecule has 39 heavy (non-hydrogen) atoms. The number of carboxylic acid groups (broad SMARTS) is 1. The normalized spacial score (nSPS) is 11.5. The Morgan fingerprint density at radius 3 is 2.36 bits per heavy atom. The Kier molecular flexibility index (Phi) is 7.07. The lowest BCUT2D eigenvalue weighted by Gasteiger charge is -2.17. The smallest absolute Gasteiger partial charge is 0.418 e. The second-order valence-electron chi connectivity index (χ2n) is 9.38. The van der Waals surface area contributed by atoms with Gasteiger partial charge in [-0.3, -0.25) is 4.98 Å². The topological polar surface area (TPSA) is 62.2 Å². The van der Waals surface area contributed by atoms with Crippen LogP contribution in [-0.2, 0) is 19.1 Å². The number of hydrogen-bond acceptors (Lipinski definition) is 3. The Morgan fingerprint density at radius 2 is 1.62 bits per heavy atom. The number of para-hydroxylation sites is 1. The van der Waals surface area contributed by atoms with Crippen LogP contribution < -0.4 is 5.32 Å². The lowest BCUT2D eigenvalue weighted by molar-refractivity contribution is -0.136. The summed E-state index contributed by atoms with van der Waals surface area (Å²) in [6, 6.07) is 26.7. The number of pyridine rings is 1. The van der Waals surface area contributed by atoms with Crippen LogP contribution in [0.4, 0.5) is 18.9 Å². The van der Waals surface area contributed by atoms with Gasteiger partial charge in [0.25, 0.3) is 0 Å². The van der Waals surface area contributed by atoms with E-state index in [0.29, 0.717) is 35.2 Å². The van der Waals surface area contributed by atoms with E-state index in [4.69, 9.17) is 0 Å². The molecule has 0 amide bonds. The number of halogens is 3. The van der Waals surface area contributed by atoms with Gasteiger partial charge in [0.2, 0.25) is 0 Å². The largest absolute Gasteiger partial charge is 0.478 e. The van der Waals surface area contributed by atoms with E-state index in [1.165, 1.54) is 12.3 Å². The number of fused-ring (bicyclic) bond motifs is 1. The maximum atomic E-state index is 13.9. The lowest BCUT2D eigenvalue weighted by Crippen LogP contribution is -2.08. The molecule has 7 heteroatoms. The number of benzene rings is 4. The molecular weight excluding hydrogens is 501 g/mol. The van der Waals surface area contributed by atoms with Crippen molar-refractivity contribution < 1.29 is 23.1 Å². The number of alkyl halides is 3. The Labute approximate surface area is 223 Å². The summed E-state index contributed by atoms with van der Waals surface area (Å²) in [5.41, 5.74) is 4.63. The van der Waals surface area contributed by atoms with Crippen molar-refractivity contribution in [3.05, 3.63) is 131 Å². The number of carboxylic acids is 1. The summed E-state index contributed by atoms with van der Waals surface area (Å²) >= 11 is 0. The number of hydrogen-bond donors (Lipinski definition) is 2. The minimum absolute atomic E-state index is 0.0915. The van der Waals surface area contributed by atoms with E-state index in [1.54, 1.807) is 31.2 Å². The quantitative estimate of drug-likeness (QED) is 0.225. The number of carbonyl (C=O) groups is 1. The van der Waals surface area contributed by atoms with Crippen LogP contribution >= 0.6 is 0 Å². The van der Waals surface area contributed by atoms with Gasteiger partial charge in [-0.15, -0.1) is 0 Å². The highest BCUT2D eigenvalue weighted by Crippen LogP contribution is 2.39. The van der Waals surface area contributed by atoms with Gasteiger partial charge in [0, 0.05) is 23.8 Å². The average molecular weight is 527 g/mol. The van der Waals surface area contributed by atoms with E-state index in [9.17, 15) is 23.1 Å². The zero-order valence-corrected chi connectivity index (χ0v) is 21.1. The summed E-state index contributed by atoms with van der Waals surface area (Å²) in [5, 5.41) is 13.3. The molecule has 0 atom stereocenters. The predicted molar refractivity (Wildman–Crippen MR) is 147 cm³/mol. The molecule has 2 N–H and O–H groups in total. The molecule has 0 spiro atoms. The maximum absolute atomic E-state index is 13.9. The molecule has 0 fully saturated rings. The summed E-state index contributed by atoms with van der Waals surface area (Å²) in [7, 11) is 0. The highest BCUT2D eigenvalue weighted by Gasteiger charge is 2.33. The number of aromatic carboxylic acids is 1. The molecule has 1 aromatic heterocycles. The van der Waals surface area contributed by atoms with Crippen LogP contribution in [0.15, 0.2) is 97.2 Å². The van der Waals surface area contributed by atoms with Crippen molar-refractivity contribution in [1.82, 2.24) is 4.98 Å². The van der Waals surface area contributed by atoms with E-state index >= 15 is 0 Å². The third-order valence-electron chi connectivity index (χ3n) is 6.70. The molecule has 1 heterocycles. The summed E-state index contributed by atoms with van der Waals surface area (Å²) in [6.07, 6.45) is -2.49. The van der Waals surface area contributed by atoms with Gasteiger partial charge in [0.05, 0.1) is 16.6 Å². The fourth-order valence-corrected chi connectivity index (χ4v) is 4.92. The molecule has 4 nitrogen and oxygen atoms in total. The number of rotatable bonds is 7. The van der Waals surface area contributed by atoms with Crippen molar-refractivity contribution in [3.8, 4) is 11.1 Å². The van der Waals surface area contributed by atoms with Crippen LogP contribution in [0.3, 0.4) is 0 Å². The minimum Gasteiger partial charge on any atom is -0.478 e. The molecule has 0 radical (unpaired) electrons. The van der Waals surface area contributed by atoms with Gasteiger partial charge in [-0.05, 0) is 64.9 Å². The first-order valence-corrected chi connectivity index (χ1v) is 12.4. The molecule has 0 aliphatic rings. The number of aryl methyl sites for hydroxylation is 1. The van der Waals surface area contributed by atoms with Crippen molar-refractivity contribution in [2.75, 3.05) is 5.32 Å². The molecule has 196 valence electrons. The Bertz CT molecular complexity index is 1660. The average Bonchev–Trinajstić information content (AvgIpc) is 2.91. The Morgan fingerprint density at radius 1 is 0.897 bits per heavy atom. The van der Waals surface area contributed by atoms with E-state index in [2.05, 4.69) is 10.3 Å². The third kappa shape index (κ3) is 5.48. The van der Waals surface area contributed by atoms with Crippen molar-refractivity contribution in [2.45, 2.75) is 26.1 Å². The van der Waals surface area contributed by atoms with Gasteiger partial charge in [-0.1, -0.05) is 72.8 Å². The second-order valence-corrected chi connectivity index (χ2v) is 9.38. The number of nitrogens with zero attached hydrogens (tertiary/aromatic N) is 1. The van der Waals surface area contributed by atoms with Gasteiger partial charge >= 0.3 is 12.1 Å². The lowest BCUT2D eigenvalue weighted by atomic mass is 9.91. The van der Waals surface area contributed by atoms with Gasteiger partial charge in [-0.25, -0.2) is 4.79 Å². The van der Waals surface area contributed by atoms with Crippen molar-refractivity contribution in [3.63, 3.8) is 0 Å². The van der Waals surface area contributed by atoms with Crippen molar-refractivity contribution in [1.29, 1.82) is 0 Å². The van der Waals surface area contributed by atoms with Crippen LogP contribution in [0.5, 0.6) is 0 Å². The van der Waals surface area contributed by atoms with Crippen LogP contribution in [0.2, 0.25) is 0 Å². The molecule has 5 aromatic rings. The number of nitrogens with one attached hydrogen (secondary N) is 1. The Balaban J connectivity index is 1.59. The van der Waals surface area contributed by atoms with Crippen molar-refractivity contribution >= 4 is 22.6 Å². The van der Waals surface area contributed by atoms with E-state index in [-0.39, 0.29) is 11.1 Å². The molecule has 0 aliphatic carbocycles. The fraction of sp³-hybridized carbons (Fsp3) is 0.125. The zero-order chi connectivity index (χ0) is 27.6. The molecule has 5 rings (SSSR count). The van der Waals surface area contributed by atoms with Crippen molar-refractivity contribution in [2.24, 2.45) is 0 Å². The van der Waals surface area contributed by atoms with Crippen LogP contribution in [0.1, 0.15) is 38.2 Å². The predicted octanol–water partition coefficient (Wildman–Crippen LogP) is 8.13. The third-order valence-corrected chi connectivity index (χ3v) is 6.70. The second kappa shape index (κ2) is 10.6. The first-order chi connectivity index (χ1) is 18.7. The first-order valence-electron chi connectivity index (χ1n) is 12.4. The molecule has 0 aliphatic heterocycles. The van der Waals surface area contributed by atoms with Gasteiger partial charge < -0.3 is 10.4 Å². The molecule has 0 unspecified atom stereocenters. The SMILES string of the molecule is Cc1cccc(NCc2cccc(-c3c(Cc4ccccc4)cnc4c(C(F)(F)F)cccc34)c2)c1C(=O)O. The van der Waals surface area contributed by atoms with E-state index < -0.39 is 17.7 Å². The van der Waals surface area contributed by atoms with Crippen LogP contribution in [0.25, 0.3) is 22.0 Å². The molecule has 0 saturated heterocycles. The highest BCUT2D eigenvalue weighted by molar-refractivity contribution is 5.98. The summed E-state index contributed by atoms with van der Waals surface area (Å²) in [6.45, 7) is 2.08. The van der Waals surface area contributed by atoms with E-state index in [1.807, 2.05) is 54.6 Å².